The molecule has 0 fully saturated rings. The molecule has 118 valence electrons. The molecule has 0 aromatic rings. The van der Waals surface area contributed by atoms with Gasteiger partial charge in [-0.15, -0.1) is 0 Å². The van der Waals surface area contributed by atoms with E-state index in [0.29, 0.717) is 19.6 Å². The average molecular weight is 374 g/mol. The van der Waals surface area contributed by atoms with Gasteiger partial charge in [0.1, 0.15) is 0 Å². The molecule has 0 radical (unpaired) electrons. The van der Waals surface area contributed by atoms with Crippen molar-refractivity contribution in [3.8, 4) is 0 Å². The van der Waals surface area contributed by atoms with E-state index in [1.807, 2.05) is 0 Å². The van der Waals surface area contributed by atoms with Crippen molar-refractivity contribution < 1.29 is 55.5 Å². The summed E-state index contributed by atoms with van der Waals surface area (Å²) >= 11 is 0. The van der Waals surface area contributed by atoms with E-state index in [0.717, 1.165) is 13.8 Å². The van der Waals surface area contributed by atoms with Crippen molar-refractivity contribution >= 4 is 11.9 Å². The third-order valence-electron chi connectivity index (χ3n) is 1.25. The molecule has 0 saturated heterocycles. The second-order valence-electron chi connectivity index (χ2n) is 3.00. The molecule has 3 N–H and O–H groups in total. The Balaban J connectivity index is -0.000000105. The van der Waals surface area contributed by atoms with Crippen LogP contribution in [0.2, 0.25) is 0 Å². The Labute approximate surface area is 126 Å². The molecule has 0 heterocycles. The van der Waals surface area contributed by atoms with Crippen LogP contribution in [-0.2, 0) is 30.0 Å². The van der Waals surface area contributed by atoms with Crippen LogP contribution >= 0.6 is 0 Å². The molecule has 0 aromatic heterocycles. The largest absolute Gasteiger partial charge is 2.00 e. The van der Waals surface area contributed by atoms with Crippen molar-refractivity contribution in [1.82, 2.24) is 4.90 Å². The number of rotatable bonds is 6. The van der Waals surface area contributed by atoms with Gasteiger partial charge in [0, 0.05) is 31.6 Å². The van der Waals surface area contributed by atoms with Crippen LogP contribution in [0.1, 0.15) is 13.8 Å². The van der Waals surface area contributed by atoms with E-state index >= 15 is 0 Å². The summed E-state index contributed by atoms with van der Waals surface area (Å²) in [6, 6.07) is 0. The topological polar surface area (TPSA) is 144 Å². The molecular formula is C10H21NO7Pd. The van der Waals surface area contributed by atoms with Crippen LogP contribution < -0.4 is 10.2 Å². The zero-order chi connectivity index (χ0) is 15.0. The summed E-state index contributed by atoms with van der Waals surface area (Å²) in [6.07, 6.45) is 0. The van der Waals surface area contributed by atoms with Crippen LogP contribution in [0.5, 0.6) is 0 Å². The third kappa shape index (κ3) is 58.4. The first-order valence-electron chi connectivity index (χ1n) is 5.21. The molecule has 9 heteroatoms. The van der Waals surface area contributed by atoms with Crippen LogP contribution in [0.4, 0.5) is 0 Å². The Bertz CT molecular complexity index is 170. The van der Waals surface area contributed by atoms with Gasteiger partial charge in [-0.05, 0) is 13.8 Å². The van der Waals surface area contributed by atoms with Gasteiger partial charge in [0.15, 0.2) is 0 Å². The molecule has 0 aromatic carbocycles. The summed E-state index contributed by atoms with van der Waals surface area (Å²) in [4.78, 5) is 19.6. The fourth-order valence-electron chi connectivity index (χ4n) is 0.760. The predicted molar refractivity (Wildman–Crippen MR) is 59.1 cm³/mol. The van der Waals surface area contributed by atoms with Gasteiger partial charge in [0.2, 0.25) is 0 Å². The number of hydrogen-bond acceptors (Lipinski definition) is 8. The minimum absolute atomic E-state index is 0. The summed E-state index contributed by atoms with van der Waals surface area (Å²) in [5, 5.41) is 43.2. The van der Waals surface area contributed by atoms with Gasteiger partial charge in [-0.3, -0.25) is 4.90 Å². The smallest absolute Gasteiger partial charge is 0.550 e. The van der Waals surface area contributed by atoms with E-state index in [1.165, 1.54) is 0 Å². The molecule has 0 aliphatic heterocycles. The van der Waals surface area contributed by atoms with Crippen molar-refractivity contribution in [3.63, 3.8) is 0 Å². The van der Waals surface area contributed by atoms with Gasteiger partial charge in [0.25, 0.3) is 0 Å². The van der Waals surface area contributed by atoms with Crippen LogP contribution in [0.3, 0.4) is 0 Å². The molecule has 0 saturated carbocycles. The van der Waals surface area contributed by atoms with Crippen LogP contribution in [0.25, 0.3) is 0 Å². The number of aliphatic hydroxyl groups excluding tert-OH is 3. The van der Waals surface area contributed by atoms with E-state index < -0.39 is 11.9 Å². The summed E-state index contributed by atoms with van der Waals surface area (Å²) in [6.45, 7) is 3.70. The Kier molecular flexibility index (Phi) is 32.0. The van der Waals surface area contributed by atoms with Crippen molar-refractivity contribution in [2.24, 2.45) is 0 Å². The normalized spacial score (nSPS) is 8.32. The number of carbonyl (C=O) groups is 2. The fourth-order valence-corrected chi connectivity index (χ4v) is 0.760. The van der Waals surface area contributed by atoms with E-state index in [2.05, 4.69) is 0 Å². The third-order valence-corrected chi connectivity index (χ3v) is 1.25. The van der Waals surface area contributed by atoms with Crippen LogP contribution in [0.15, 0.2) is 0 Å². The molecule has 0 atom stereocenters. The Morgan fingerprint density at radius 2 is 1.00 bits per heavy atom. The van der Waals surface area contributed by atoms with E-state index in [9.17, 15) is 0 Å². The van der Waals surface area contributed by atoms with E-state index in [1.54, 1.807) is 4.90 Å². The number of carboxylic acid groups (broad SMARTS) is 2. The number of hydrogen-bond donors (Lipinski definition) is 3. The van der Waals surface area contributed by atoms with Crippen molar-refractivity contribution in [2.75, 3.05) is 39.5 Å². The number of carbonyl (C=O) groups excluding carboxylic acids is 2. The van der Waals surface area contributed by atoms with Gasteiger partial charge in [-0.25, -0.2) is 0 Å². The molecule has 0 unspecified atom stereocenters. The molecule has 0 bridgehead atoms. The minimum Gasteiger partial charge on any atom is -0.550 e. The quantitative estimate of drug-likeness (QED) is 0.397. The first-order chi connectivity index (χ1) is 8.31. The maximum Gasteiger partial charge on any atom is 2.00 e. The first-order valence-corrected chi connectivity index (χ1v) is 5.21. The molecule has 0 spiro atoms. The average Bonchev–Trinajstić information content (AvgIpc) is 2.17. The zero-order valence-electron chi connectivity index (χ0n) is 11.0. The second-order valence-corrected chi connectivity index (χ2v) is 3.00. The van der Waals surface area contributed by atoms with Crippen LogP contribution in [0, 0.1) is 0 Å². The molecule has 0 aliphatic rings. The minimum atomic E-state index is -1.08. The fraction of sp³-hybridized carbons (Fsp3) is 0.800. The van der Waals surface area contributed by atoms with Crippen LogP contribution in [-0.4, -0.2) is 71.6 Å². The monoisotopic (exact) mass is 373 g/mol. The molecular weight excluding hydrogens is 353 g/mol. The summed E-state index contributed by atoms with van der Waals surface area (Å²) in [5.41, 5.74) is 0. The Morgan fingerprint density at radius 1 is 0.842 bits per heavy atom. The number of carboxylic acids is 2. The van der Waals surface area contributed by atoms with E-state index in [-0.39, 0.29) is 40.2 Å². The molecule has 19 heavy (non-hydrogen) atoms. The number of aliphatic carboxylic acids is 2. The molecule has 0 rings (SSSR count). The predicted octanol–water partition coefficient (Wildman–Crippen LogP) is -4.22. The van der Waals surface area contributed by atoms with E-state index in [4.69, 9.17) is 35.1 Å². The van der Waals surface area contributed by atoms with Crippen molar-refractivity contribution in [1.29, 1.82) is 0 Å². The number of nitrogens with zero attached hydrogens (tertiary/aromatic N) is 1. The molecule has 0 amide bonds. The van der Waals surface area contributed by atoms with Gasteiger partial charge in [-0.1, -0.05) is 0 Å². The van der Waals surface area contributed by atoms with Crippen molar-refractivity contribution in [3.05, 3.63) is 0 Å². The van der Waals surface area contributed by atoms with Gasteiger partial charge in [-0.2, -0.15) is 0 Å². The van der Waals surface area contributed by atoms with Gasteiger partial charge >= 0.3 is 20.4 Å². The zero-order valence-corrected chi connectivity index (χ0v) is 12.5. The number of aliphatic hydroxyl groups is 3. The van der Waals surface area contributed by atoms with Gasteiger partial charge in [0.05, 0.1) is 19.8 Å². The standard InChI is InChI=1S/C6H15NO3.2C2H4O2.Pd/c8-4-1-7(2-5-9)3-6-10;2*1-2(3)4;/h8-10H,1-6H2;2*1H3,(H,3,4);/q;;;+2/p-2. The molecule has 8 nitrogen and oxygen atoms in total. The summed E-state index contributed by atoms with van der Waals surface area (Å²) in [5.74, 6) is -2.17. The first kappa shape index (κ1) is 26.9. The SMILES string of the molecule is CC(=O)[O-].CC(=O)[O-].OCCN(CCO)CCO.[Pd+2]. The maximum absolute atomic E-state index is 8.89. The molecule has 0 aliphatic carbocycles. The maximum atomic E-state index is 8.89. The second kappa shape index (κ2) is 22.6. The van der Waals surface area contributed by atoms with Crippen molar-refractivity contribution in [2.45, 2.75) is 13.8 Å². The summed E-state index contributed by atoms with van der Waals surface area (Å²) < 4.78 is 0. The van der Waals surface area contributed by atoms with Gasteiger partial charge < -0.3 is 35.1 Å². The Hall–Kier alpha value is -0.558. The Morgan fingerprint density at radius 3 is 1.11 bits per heavy atom. The summed E-state index contributed by atoms with van der Waals surface area (Å²) in [7, 11) is 0.